The number of hydrogen-bond donors (Lipinski definition) is 1. The first-order valence-corrected chi connectivity index (χ1v) is 6.78. The zero-order chi connectivity index (χ0) is 14.7. The average molecular weight is 361 g/mol. The summed E-state index contributed by atoms with van der Waals surface area (Å²) >= 11 is 9.47. The lowest BCUT2D eigenvalue weighted by molar-refractivity contribution is 0.0684. The van der Waals surface area contributed by atoms with Crippen molar-refractivity contribution in [1.82, 2.24) is 15.0 Å². The van der Waals surface area contributed by atoms with Gasteiger partial charge in [-0.05, 0) is 17.7 Å². The van der Waals surface area contributed by atoms with Gasteiger partial charge >= 0.3 is 5.97 Å². The molecule has 20 heavy (non-hydrogen) atoms. The first-order valence-electron chi connectivity index (χ1n) is 5.61. The van der Waals surface area contributed by atoms with Crippen LogP contribution in [0.2, 0.25) is 5.02 Å². The van der Waals surface area contributed by atoms with E-state index in [1.807, 2.05) is 12.1 Å². The fourth-order valence-electron chi connectivity index (χ4n) is 1.72. The van der Waals surface area contributed by atoms with Crippen molar-refractivity contribution in [1.29, 1.82) is 0 Å². The topological polar surface area (TPSA) is 77.2 Å². The van der Waals surface area contributed by atoms with E-state index < -0.39 is 5.97 Å². The molecule has 0 unspecified atom stereocenters. The number of carbonyl (C=O) groups is 1. The molecule has 0 fully saturated rings. The Morgan fingerprint density at radius 1 is 1.55 bits per heavy atom. The normalized spacial score (nSPS) is 10.8. The predicted octanol–water partition coefficient (Wildman–Crippen LogP) is 2.59. The zero-order valence-electron chi connectivity index (χ0n) is 10.5. The van der Waals surface area contributed by atoms with Gasteiger partial charge in [0.25, 0.3) is 0 Å². The molecule has 1 N–H and O–H groups in total. The summed E-state index contributed by atoms with van der Waals surface area (Å²) in [5, 5.41) is 17.1. The highest BCUT2D eigenvalue weighted by Gasteiger charge is 2.19. The molecule has 1 heterocycles. The summed E-state index contributed by atoms with van der Waals surface area (Å²) in [5.74, 6) is -1.13. The third kappa shape index (κ3) is 3.17. The quantitative estimate of drug-likeness (QED) is 0.887. The highest BCUT2D eigenvalue weighted by Crippen LogP contribution is 2.22. The third-order valence-corrected chi connectivity index (χ3v) is 3.50. The van der Waals surface area contributed by atoms with Gasteiger partial charge in [0.1, 0.15) is 0 Å². The van der Waals surface area contributed by atoms with E-state index in [1.54, 1.807) is 6.07 Å². The first-order chi connectivity index (χ1) is 9.52. The van der Waals surface area contributed by atoms with Gasteiger partial charge in [0.15, 0.2) is 5.69 Å². The largest absolute Gasteiger partial charge is 0.476 e. The highest BCUT2D eigenvalue weighted by atomic mass is 79.9. The van der Waals surface area contributed by atoms with Crippen LogP contribution in [0.3, 0.4) is 0 Å². The Morgan fingerprint density at radius 2 is 2.30 bits per heavy atom. The maximum atomic E-state index is 11.1. The molecule has 106 valence electrons. The Hall–Kier alpha value is -1.44. The molecular weight excluding hydrogens is 350 g/mol. The Kier molecular flexibility index (Phi) is 4.74. The molecule has 2 rings (SSSR count). The summed E-state index contributed by atoms with van der Waals surface area (Å²) in [5.41, 5.74) is 1.10. The monoisotopic (exact) mass is 359 g/mol. The second-order valence-corrected chi connectivity index (χ2v) is 5.34. The molecule has 0 amide bonds. The van der Waals surface area contributed by atoms with Gasteiger partial charge in [-0.15, -0.1) is 5.10 Å². The van der Waals surface area contributed by atoms with Gasteiger partial charge < -0.3 is 9.84 Å². The molecule has 0 aliphatic heterocycles. The van der Waals surface area contributed by atoms with Crippen LogP contribution in [0.1, 0.15) is 21.7 Å². The fraction of sp³-hybridized carbons (Fsp3) is 0.250. The molecule has 8 heteroatoms. The van der Waals surface area contributed by atoms with E-state index in [1.165, 1.54) is 11.8 Å². The summed E-state index contributed by atoms with van der Waals surface area (Å²) in [7, 11) is 1.48. The van der Waals surface area contributed by atoms with Gasteiger partial charge in [-0.1, -0.05) is 38.8 Å². The van der Waals surface area contributed by atoms with E-state index in [9.17, 15) is 4.79 Å². The highest BCUT2D eigenvalue weighted by molar-refractivity contribution is 9.10. The number of halogens is 2. The number of carboxylic acids is 1. The molecule has 0 bridgehead atoms. The molecule has 6 nitrogen and oxygen atoms in total. The molecule has 0 aliphatic carbocycles. The fourth-order valence-corrected chi connectivity index (χ4v) is 2.45. The number of benzene rings is 1. The molecular formula is C12H11BrClN3O3. The van der Waals surface area contributed by atoms with E-state index in [2.05, 4.69) is 26.2 Å². The van der Waals surface area contributed by atoms with Crippen molar-refractivity contribution in [3.63, 3.8) is 0 Å². The molecule has 0 spiro atoms. The van der Waals surface area contributed by atoms with Crippen LogP contribution in [0.4, 0.5) is 0 Å². The van der Waals surface area contributed by atoms with Gasteiger partial charge in [-0.25, -0.2) is 9.48 Å². The smallest absolute Gasteiger partial charge is 0.358 e. The van der Waals surface area contributed by atoms with Gasteiger partial charge in [-0.3, -0.25) is 0 Å². The summed E-state index contributed by atoms with van der Waals surface area (Å²) in [4.78, 5) is 11.1. The van der Waals surface area contributed by atoms with Crippen LogP contribution >= 0.6 is 27.5 Å². The van der Waals surface area contributed by atoms with Gasteiger partial charge in [0.2, 0.25) is 0 Å². The first kappa shape index (κ1) is 15.0. The van der Waals surface area contributed by atoms with E-state index in [-0.39, 0.29) is 12.3 Å². The van der Waals surface area contributed by atoms with Crippen LogP contribution in [0.25, 0.3) is 0 Å². The molecule has 0 aliphatic rings. The van der Waals surface area contributed by atoms with Crippen molar-refractivity contribution in [2.45, 2.75) is 13.2 Å². The van der Waals surface area contributed by atoms with Gasteiger partial charge in [-0.2, -0.15) is 0 Å². The lowest BCUT2D eigenvalue weighted by Gasteiger charge is -2.08. The summed E-state index contributed by atoms with van der Waals surface area (Å²) in [6, 6.07) is 5.46. The van der Waals surface area contributed by atoms with Crippen LogP contribution in [-0.2, 0) is 17.9 Å². The van der Waals surface area contributed by atoms with Crippen molar-refractivity contribution in [2.75, 3.05) is 7.11 Å². The van der Waals surface area contributed by atoms with Crippen LogP contribution in [0.5, 0.6) is 0 Å². The second-order valence-electron chi connectivity index (χ2n) is 4.02. The second kappa shape index (κ2) is 6.34. The van der Waals surface area contributed by atoms with Crippen molar-refractivity contribution in [2.24, 2.45) is 0 Å². The third-order valence-electron chi connectivity index (χ3n) is 2.66. The number of rotatable bonds is 5. The van der Waals surface area contributed by atoms with Crippen LogP contribution in [0.15, 0.2) is 22.7 Å². The molecule has 2 aromatic rings. The van der Waals surface area contributed by atoms with Gasteiger partial charge in [0.05, 0.1) is 18.8 Å². The van der Waals surface area contributed by atoms with Crippen molar-refractivity contribution < 1.29 is 14.6 Å². The van der Waals surface area contributed by atoms with Gasteiger partial charge in [0, 0.05) is 16.6 Å². The molecule has 1 aromatic heterocycles. The van der Waals surface area contributed by atoms with Crippen molar-refractivity contribution in [3.8, 4) is 0 Å². The van der Waals surface area contributed by atoms with Crippen molar-refractivity contribution >= 4 is 33.5 Å². The number of hydrogen-bond acceptors (Lipinski definition) is 4. The molecule has 0 saturated heterocycles. The standard InChI is InChI=1S/C12H11BrClN3O3/c1-20-6-10-11(12(18)19)15-16-17(10)5-7-2-3-8(13)4-9(7)14/h2-4H,5-6H2,1H3,(H,18,19). The van der Waals surface area contributed by atoms with Crippen LogP contribution in [0, 0.1) is 0 Å². The minimum Gasteiger partial charge on any atom is -0.476 e. The number of ether oxygens (including phenoxy) is 1. The Balaban J connectivity index is 2.35. The number of nitrogens with zero attached hydrogens (tertiary/aromatic N) is 3. The molecule has 0 atom stereocenters. The summed E-state index contributed by atoms with van der Waals surface area (Å²) in [6.45, 7) is 0.438. The number of aromatic carboxylic acids is 1. The number of aromatic nitrogens is 3. The van der Waals surface area contributed by atoms with Crippen molar-refractivity contribution in [3.05, 3.63) is 44.6 Å². The minimum atomic E-state index is -1.13. The average Bonchev–Trinajstić information content (AvgIpc) is 2.77. The Labute approximate surface area is 128 Å². The van der Waals surface area contributed by atoms with Crippen LogP contribution in [-0.4, -0.2) is 33.2 Å². The zero-order valence-corrected chi connectivity index (χ0v) is 12.8. The Morgan fingerprint density at radius 3 is 2.90 bits per heavy atom. The molecule has 1 aromatic carbocycles. The molecule has 0 radical (unpaired) electrons. The lowest BCUT2D eigenvalue weighted by atomic mass is 10.2. The Bertz CT molecular complexity index is 645. The maximum Gasteiger partial charge on any atom is 0.358 e. The van der Waals surface area contributed by atoms with E-state index >= 15 is 0 Å². The lowest BCUT2D eigenvalue weighted by Crippen LogP contribution is -2.10. The van der Waals surface area contributed by atoms with Crippen LogP contribution < -0.4 is 0 Å². The number of carboxylic acid groups (broad SMARTS) is 1. The SMILES string of the molecule is COCc1c(C(=O)O)nnn1Cc1ccc(Br)cc1Cl. The van der Waals surface area contributed by atoms with E-state index in [0.717, 1.165) is 10.0 Å². The maximum absolute atomic E-state index is 11.1. The minimum absolute atomic E-state index is 0.111. The van der Waals surface area contributed by atoms with E-state index in [0.29, 0.717) is 17.3 Å². The molecule has 0 saturated carbocycles. The van der Waals surface area contributed by atoms with E-state index in [4.69, 9.17) is 21.4 Å². The predicted molar refractivity (Wildman–Crippen MR) is 75.9 cm³/mol. The summed E-state index contributed by atoms with van der Waals surface area (Å²) in [6.07, 6.45) is 0. The number of methoxy groups -OCH3 is 1. The summed E-state index contributed by atoms with van der Waals surface area (Å²) < 4.78 is 7.34.